The van der Waals surface area contributed by atoms with Gasteiger partial charge >= 0.3 is 0 Å². The fourth-order valence-electron chi connectivity index (χ4n) is 2.26. The molecule has 2 rings (SSSR count). The van der Waals surface area contributed by atoms with Gasteiger partial charge in [-0.05, 0) is 30.2 Å². The Labute approximate surface area is 142 Å². The molecule has 0 aliphatic rings. The quantitative estimate of drug-likeness (QED) is 0.804. The maximum absolute atomic E-state index is 13.2. The molecule has 0 saturated carbocycles. The van der Waals surface area contributed by atoms with Gasteiger partial charge in [0.25, 0.3) is 0 Å². The van der Waals surface area contributed by atoms with Crippen molar-refractivity contribution < 1.29 is 17.5 Å². The van der Waals surface area contributed by atoms with Crippen molar-refractivity contribution in [2.75, 3.05) is 24.9 Å². The number of aromatic nitrogens is 2. The minimum Gasteiger partial charge on any atom is -0.493 e. The summed E-state index contributed by atoms with van der Waals surface area (Å²) in [4.78, 5) is 10.3. The molecule has 1 aromatic heterocycles. The Morgan fingerprint density at radius 3 is 2.33 bits per heavy atom. The highest BCUT2D eigenvalue weighted by atomic mass is 32.2. The number of thiol groups is 1. The lowest BCUT2D eigenvalue weighted by Gasteiger charge is -2.20. The lowest BCUT2D eigenvalue weighted by Crippen LogP contribution is -2.23. The molecule has 0 saturated heterocycles. The Balaban J connectivity index is 2.66. The normalized spacial score (nSPS) is 11.1. The van der Waals surface area contributed by atoms with Crippen LogP contribution in [0.2, 0.25) is 0 Å². The van der Waals surface area contributed by atoms with Gasteiger partial charge in [0.2, 0.25) is 5.95 Å². The molecule has 24 heavy (non-hydrogen) atoms. The molecule has 8 heteroatoms. The van der Waals surface area contributed by atoms with Crippen LogP contribution in [0.3, 0.4) is 0 Å². The molecule has 0 unspecified atom stereocenters. The van der Waals surface area contributed by atoms with Gasteiger partial charge < -0.3 is 9.64 Å². The highest BCUT2D eigenvalue weighted by Crippen LogP contribution is 2.35. The summed E-state index contributed by atoms with van der Waals surface area (Å²) in [5.41, 5.74) is 1.83. The molecule has 0 spiro atoms. The molecular weight excluding hydrogens is 333 g/mol. The van der Waals surface area contributed by atoms with Crippen LogP contribution < -0.4 is 9.64 Å². The van der Waals surface area contributed by atoms with E-state index in [4.69, 9.17) is 4.74 Å². The van der Waals surface area contributed by atoms with E-state index in [1.165, 1.54) is 24.1 Å². The molecule has 1 aromatic carbocycles. The van der Waals surface area contributed by atoms with Gasteiger partial charge in [0.05, 0.1) is 12.8 Å². The van der Waals surface area contributed by atoms with E-state index in [0.29, 0.717) is 22.7 Å². The summed E-state index contributed by atoms with van der Waals surface area (Å²) in [6.45, 7) is 3.91. The lowest BCUT2D eigenvalue weighted by atomic mass is 10.0. The standard InChI is InChI=1S/C16H20FN3O3S/c1-10(2)13-15(23-4)14(11-5-7-12(17)8-6-11)19-16(18-13)20(3)9-24(21)22/h5-8,10,24H,9H2,1-4H3. The number of benzene rings is 1. The Bertz CT molecular complexity index is 784. The van der Waals surface area contributed by atoms with Gasteiger partial charge in [-0.2, -0.15) is 0 Å². The van der Waals surface area contributed by atoms with E-state index in [2.05, 4.69) is 9.97 Å². The third kappa shape index (κ3) is 4.00. The Hall–Kier alpha value is -2.22. The molecule has 0 fully saturated rings. The third-order valence-corrected chi connectivity index (χ3v) is 4.07. The summed E-state index contributed by atoms with van der Waals surface area (Å²) in [5.74, 6) is 0.271. The van der Waals surface area contributed by atoms with Crippen molar-refractivity contribution >= 4 is 16.7 Å². The van der Waals surface area contributed by atoms with Crippen LogP contribution in [0.25, 0.3) is 11.3 Å². The minimum absolute atomic E-state index is 0.0373. The summed E-state index contributed by atoms with van der Waals surface area (Å²) < 4.78 is 40.7. The molecule has 6 nitrogen and oxygen atoms in total. The zero-order valence-electron chi connectivity index (χ0n) is 14.0. The van der Waals surface area contributed by atoms with Crippen LogP contribution in [0.1, 0.15) is 25.5 Å². The molecule has 0 radical (unpaired) electrons. The molecule has 0 amide bonds. The van der Waals surface area contributed by atoms with Gasteiger partial charge in [-0.15, -0.1) is 0 Å². The SMILES string of the molecule is COc1c(-c2ccc(F)cc2)nc(N(C)C[SH](=O)=O)nc1C(C)C. The molecule has 0 aliphatic carbocycles. The van der Waals surface area contributed by atoms with Gasteiger partial charge in [0, 0.05) is 12.6 Å². The van der Waals surface area contributed by atoms with Crippen LogP contribution >= 0.6 is 0 Å². The first-order valence-corrected chi connectivity index (χ1v) is 8.74. The van der Waals surface area contributed by atoms with Crippen molar-refractivity contribution in [3.05, 3.63) is 35.8 Å². The molecular formula is C16H20FN3O3S. The first-order valence-electron chi connectivity index (χ1n) is 7.38. The second-order valence-electron chi connectivity index (χ2n) is 5.62. The van der Waals surface area contributed by atoms with E-state index >= 15 is 0 Å². The first kappa shape index (κ1) is 18.1. The number of hydrogen-bond acceptors (Lipinski definition) is 6. The van der Waals surface area contributed by atoms with Crippen molar-refractivity contribution in [1.82, 2.24) is 9.97 Å². The highest BCUT2D eigenvalue weighted by molar-refractivity contribution is 7.72. The summed E-state index contributed by atoms with van der Waals surface area (Å²) in [6.07, 6.45) is 0. The van der Waals surface area contributed by atoms with E-state index in [1.807, 2.05) is 13.8 Å². The summed E-state index contributed by atoms with van der Waals surface area (Å²) in [5, 5.41) is 0. The Morgan fingerprint density at radius 1 is 1.21 bits per heavy atom. The largest absolute Gasteiger partial charge is 0.493 e. The van der Waals surface area contributed by atoms with E-state index < -0.39 is 10.7 Å². The lowest BCUT2D eigenvalue weighted by molar-refractivity contribution is 0.404. The molecule has 2 aromatic rings. The third-order valence-electron chi connectivity index (χ3n) is 3.42. The molecule has 0 bridgehead atoms. The van der Waals surface area contributed by atoms with Gasteiger partial charge in [-0.1, -0.05) is 13.8 Å². The number of halogens is 1. The molecule has 0 aliphatic heterocycles. The molecule has 1 heterocycles. The maximum atomic E-state index is 13.2. The van der Waals surface area contributed by atoms with Crippen molar-refractivity contribution in [3.63, 3.8) is 0 Å². The van der Waals surface area contributed by atoms with Crippen molar-refractivity contribution in [1.29, 1.82) is 0 Å². The van der Waals surface area contributed by atoms with Crippen LogP contribution in [0.15, 0.2) is 24.3 Å². The van der Waals surface area contributed by atoms with E-state index in [0.717, 1.165) is 0 Å². The number of methoxy groups -OCH3 is 1. The fourth-order valence-corrected chi connectivity index (χ4v) is 2.73. The molecule has 0 atom stereocenters. The summed E-state index contributed by atoms with van der Waals surface area (Å²) >= 11 is 0. The fraction of sp³-hybridized carbons (Fsp3) is 0.375. The average molecular weight is 353 g/mol. The van der Waals surface area contributed by atoms with Crippen molar-refractivity contribution in [2.24, 2.45) is 0 Å². The Kier molecular flexibility index (Phi) is 5.71. The van der Waals surface area contributed by atoms with Crippen molar-refractivity contribution in [3.8, 4) is 17.0 Å². The van der Waals surface area contributed by atoms with Crippen LogP contribution in [-0.4, -0.2) is 38.4 Å². The number of anilines is 1. The monoisotopic (exact) mass is 353 g/mol. The van der Waals surface area contributed by atoms with Crippen molar-refractivity contribution in [2.45, 2.75) is 19.8 Å². The van der Waals surface area contributed by atoms with Gasteiger partial charge in [-0.25, -0.2) is 22.8 Å². The predicted octanol–water partition coefficient (Wildman–Crippen LogP) is 2.42. The minimum atomic E-state index is -2.60. The molecule has 0 N–H and O–H groups in total. The summed E-state index contributed by atoms with van der Waals surface area (Å²) in [6, 6.07) is 5.87. The second kappa shape index (κ2) is 7.57. The average Bonchev–Trinajstić information content (AvgIpc) is 2.53. The second-order valence-corrected chi connectivity index (χ2v) is 6.57. The van der Waals surface area contributed by atoms with Crippen LogP contribution in [0, 0.1) is 5.82 Å². The topological polar surface area (TPSA) is 72.4 Å². The van der Waals surface area contributed by atoms with Crippen LogP contribution in [0.4, 0.5) is 10.3 Å². The predicted molar refractivity (Wildman–Crippen MR) is 91.7 cm³/mol. The number of hydrogen-bond donors (Lipinski definition) is 1. The maximum Gasteiger partial charge on any atom is 0.226 e. The zero-order chi connectivity index (χ0) is 17.9. The van der Waals surface area contributed by atoms with E-state index in [1.54, 1.807) is 19.2 Å². The highest BCUT2D eigenvalue weighted by Gasteiger charge is 2.20. The van der Waals surface area contributed by atoms with Gasteiger partial charge in [0.15, 0.2) is 16.5 Å². The van der Waals surface area contributed by atoms with Gasteiger partial charge in [0.1, 0.15) is 17.4 Å². The molecule has 130 valence electrons. The first-order chi connectivity index (χ1) is 11.3. The zero-order valence-corrected chi connectivity index (χ0v) is 14.9. The van der Waals surface area contributed by atoms with Crippen LogP contribution in [-0.2, 0) is 10.7 Å². The smallest absolute Gasteiger partial charge is 0.226 e. The number of nitrogens with zero attached hydrogens (tertiary/aromatic N) is 3. The summed E-state index contributed by atoms with van der Waals surface area (Å²) in [7, 11) is 0.523. The van der Waals surface area contributed by atoms with Crippen LogP contribution in [0.5, 0.6) is 5.75 Å². The van der Waals surface area contributed by atoms with Gasteiger partial charge in [-0.3, -0.25) is 0 Å². The Morgan fingerprint density at radius 2 is 1.83 bits per heavy atom. The number of rotatable bonds is 6. The van der Waals surface area contributed by atoms with E-state index in [9.17, 15) is 12.8 Å². The van der Waals surface area contributed by atoms with E-state index in [-0.39, 0.29) is 23.6 Å². The number of ether oxygens (including phenoxy) is 1.